The van der Waals surface area contributed by atoms with Gasteiger partial charge in [-0.2, -0.15) is 0 Å². The maximum atomic E-state index is 13.8. The average Bonchev–Trinajstić information content (AvgIpc) is 3.47. The summed E-state index contributed by atoms with van der Waals surface area (Å²) in [7, 11) is 0. The van der Waals surface area contributed by atoms with Crippen LogP contribution in [0.1, 0.15) is 18.9 Å². The maximum absolute atomic E-state index is 13.8. The number of rotatable bonds is 7. The maximum Gasteiger partial charge on any atom is 0.250 e. The van der Waals surface area contributed by atoms with E-state index in [4.69, 9.17) is 16.3 Å². The van der Waals surface area contributed by atoms with Crippen molar-refractivity contribution < 1.29 is 24.2 Å². The molecule has 3 N–H and O–H groups in total. The molecule has 3 heterocycles. The van der Waals surface area contributed by atoms with Gasteiger partial charge in [0.2, 0.25) is 17.7 Å². The molecule has 0 aromatic heterocycles. The molecule has 1 spiro atoms. The number of hydrogen-bond donors (Lipinski definition) is 3. The zero-order chi connectivity index (χ0) is 25.6. The quantitative estimate of drug-likeness (QED) is 0.440. The highest BCUT2D eigenvalue weighted by Crippen LogP contribution is 2.60. The van der Waals surface area contributed by atoms with E-state index in [9.17, 15) is 19.5 Å². The van der Waals surface area contributed by atoms with Crippen LogP contribution in [-0.2, 0) is 25.7 Å². The molecule has 3 unspecified atom stereocenters. The van der Waals surface area contributed by atoms with E-state index in [0.29, 0.717) is 23.7 Å². The lowest BCUT2D eigenvalue weighted by molar-refractivity contribution is -0.143. The molecule has 5 rings (SSSR count). The summed E-state index contributed by atoms with van der Waals surface area (Å²) in [5.74, 6) is -2.74. The van der Waals surface area contributed by atoms with Crippen LogP contribution < -0.4 is 10.6 Å². The van der Waals surface area contributed by atoms with Crippen LogP contribution in [0.3, 0.4) is 0 Å². The Hall–Kier alpha value is -2.46. The van der Waals surface area contributed by atoms with Crippen LogP contribution in [0.2, 0.25) is 5.02 Å². The molecule has 2 aromatic carbocycles. The first-order valence-corrected chi connectivity index (χ1v) is 13.2. The number of carbonyl (C=O) groups excluding carboxylic acids is 3. The molecule has 36 heavy (non-hydrogen) atoms. The molecule has 0 saturated carbocycles. The number of nitrogens with zero attached hydrogens (tertiary/aromatic N) is 1. The molecule has 0 radical (unpaired) electrons. The van der Waals surface area contributed by atoms with E-state index in [1.165, 1.54) is 4.90 Å². The second-order valence-corrected chi connectivity index (χ2v) is 11.2. The Kier molecular flexibility index (Phi) is 6.84. The van der Waals surface area contributed by atoms with Crippen LogP contribution in [0.15, 0.2) is 54.6 Å². The summed E-state index contributed by atoms with van der Waals surface area (Å²) in [5, 5.41) is 16.1. The van der Waals surface area contributed by atoms with Crippen LogP contribution in [-0.4, -0.2) is 63.0 Å². The third-order valence-corrected chi connectivity index (χ3v) is 8.63. The number of anilines is 1. The van der Waals surface area contributed by atoms with Crippen molar-refractivity contribution in [1.29, 1.82) is 0 Å². The molecule has 7 atom stereocenters. The van der Waals surface area contributed by atoms with E-state index in [1.807, 2.05) is 30.3 Å². The minimum absolute atomic E-state index is 0.214. The van der Waals surface area contributed by atoms with Crippen molar-refractivity contribution in [2.45, 2.75) is 48.5 Å². The molecule has 10 heteroatoms. The number of carbonyl (C=O) groups is 3. The van der Waals surface area contributed by atoms with Gasteiger partial charge in [0.25, 0.3) is 0 Å². The second kappa shape index (κ2) is 9.78. The summed E-state index contributed by atoms with van der Waals surface area (Å²) in [5.41, 5.74) is 0.137. The highest BCUT2D eigenvalue weighted by Gasteiger charge is 2.76. The zero-order valence-electron chi connectivity index (χ0n) is 19.6. The molecular formula is C26H27BrClN3O5. The van der Waals surface area contributed by atoms with Gasteiger partial charge in [0.1, 0.15) is 11.6 Å². The van der Waals surface area contributed by atoms with E-state index in [2.05, 4.69) is 26.6 Å². The summed E-state index contributed by atoms with van der Waals surface area (Å²) < 4.78 is 6.43. The van der Waals surface area contributed by atoms with Gasteiger partial charge in [-0.3, -0.25) is 14.4 Å². The predicted octanol–water partition coefficient (Wildman–Crippen LogP) is 2.72. The molecule has 8 nitrogen and oxygen atoms in total. The lowest BCUT2D eigenvalue weighted by atomic mass is 9.70. The summed E-state index contributed by atoms with van der Waals surface area (Å²) in [6.07, 6.45) is -0.178. The standard InChI is InChI=1S/C26H27BrClN3O5/c1-14(13-32)31-22(24(34)30-18-10-6-5-9-17(18)28)26-11-16(27)21(36-26)19(20(26)25(31)35)23(33)29-12-15-7-3-2-4-8-15/h2-10,14,16,19-22,32H,11-13H2,1H3,(H,29,33)(H,30,34)/t14-,16?,19+,20+,21+,22?,26?/m1/s1. The highest BCUT2D eigenvalue weighted by atomic mass is 79.9. The summed E-state index contributed by atoms with van der Waals surface area (Å²) in [6.45, 7) is 1.65. The van der Waals surface area contributed by atoms with Gasteiger partial charge in [-0.15, -0.1) is 0 Å². The van der Waals surface area contributed by atoms with Crippen molar-refractivity contribution in [2.24, 2.45) is 11.8 Å². The zero-order valence-corrected chi connectivity index (χ0v) is 21.9. The van der Waals surface area contributed by atoms with E-state index in [-0.39, 0.29) is 23.2 Å². The number of aliphatic hydroxyl groups is 1. The number of amides is 3. The Morgan fingerprint density at radius 2 is 1.89 bits per heavy atom. The van der Waals surface area contributed by atoms with E-state index in [1.54, 1.807) is 31.2 Å². The number of halogens is 2. The van der Waals surface area contributed by atoms with Crippen LogP contribution >= 0.6 is 27.5 Å². The molecular weight excluding hydrogens is 550 g/mol. The molecule has 2 aromatic rings. The predicted molar refractivity (Wildman–Crippen MR) is 137 cm³/mol. The van der Waals surface area contributed by atoms with Crippen LogP contribution in [0.25, 0.3) is 0 Å². The Bertz CT molecular complexity index is 1180. The largest absolute Gasteiger partial charge is 0.394 e. The molecule has 3 aliphatic rings. The van der Waals surface area contributed by atoms with Gasteiger partial charge in [0.15, 0.2) is 0 Å². The minimum atomic E-state index is -1.21. The average molecular weight is 577 g/mol. The monoisotopic (exact) mass is 575 g/mol. The van der Waals surface area contributed by atoms with Gasteiger partial charge in [-0.05, 0) is 31.0 Å². The first kappa shape index (κ1) is 25.2. The number of alkyl halides is 1. The van der Waals surface area contributed by atoms with Gasteiger partial charge >= 0.3 is 0 Å². The lowest BCUT2D eigenvalue weighted by Gasteiger charge is -2.35. The van der Waals surface area contributed by atoms with Gasteiger partial charge < -0.3 is 25.4 Å². The Morgan fingerprint density at radius 3 is 2.58 bits per heavy atom. The van der Waals surface area contributed by atoms with Crippen molar-refractivity contribution in [1.82, 2.24) is 10.2 Å². The smallest absolute Gasteiger partial charge is 0.250 e. The summed E-state index contributed by atoms with van der Waals surface area (Å²) >= 11 is 9.91. The SMILES string of the molecule is C[C@H](CO)N1C(=O)[C@@H]2[C@H](C(=O)NCc3ccccc3)[C@H]3OC2(CC3Br)C1C(=O)Nc1ccccc1Cl. The van der Waals surface area contributed by atoms with E-state index < -0.39 is 41.5 Å². The Labute approximate surface area is 222 Å². The summed E-state index contributed by atoms with van der Waals surface area (Å²) in [4.78, 5) is 42.2. The van der Waals surface area contributed by atoms with Crippen molar-refractivity contribution in [3.8, 4) is 0 Å². The van der Waals surface area contributed by atoms with Gasteiger partial charge in [-0.1, -0.05) is 70.0 Å². The first-order valence-electron chi connectivity index (χ1n) is 11.9. The normalized spacial score (nSPS) is 31.3. The number of hydrogen-bond acceptors (Lipinski definition) is 5. The number of benzene rings is 2. The van der Waals surface area contributed by atoms with Gasteiger partial charge in [0.05, 0.1) is 41.3 Å². The third kappa shape index (κ3) is 4.02. The number of likely N-dealkylation sites (tertiary alicyclic amines) is 1. The number of aliphatic hydroxyl groups excluding tert-OH is 1. The number of nitrogens with one attached hydrogen (secondary N) is 2. The fourth-order valence-corrected chi connectivity index (χ4v) is 7.02. The highest BCUT2D eigenvalue weighted by molar-refractivity contribution is 9.09. The fourth-order valence-electron chi connectivity index (χ4n) is 5.90. The molecule has 3 saturated heterocycles. The molecule has 3 aliphatic heterocycles. The van der Waals surface area contributed by atoms with Gasteiger partial charge in [0, 0.05) is 11.4 Å². The van der Waals surface area contributed by atoms with Crippen LogP contribution in [0.4, 0.5) is 5.69 Å². The van der Waals surface area contributed by atoms with Crippen LogP contribution in [0, 0.1) is 11.8 Å². The van der Waals surface area contributed by atoms with E-state index in [0.717, 1.165) is 5.56 Å². The summed E-state index contributed by atoms with van der Waals surface area (Å²) in [6, 6.07) is 14.6. The van der Waals surface area contributed by atoms with Crippen molar-refractivity contribution in [3.63, 3.8) is 0 Å². The number of ether oxygens (including phenoxy) is 1. The third-order valence-electron chi connectivity index (χ3n) is 7.46. The number of para-hydroxylation sites is 1. The first-order chi connectivity index (χ1) is 17.3. The molecule has 3 fully saturated rings. The Balaban J connectivity index is 1.47. The second-order valence-electron chi connectivity index (χ2n) is 9.61. The van der Waals surface area contributed by atoms with Crippen molar-refractivity contribution >= 4 is 50.9 Å². The topological polar surface area (TPSA) is 108 Å². The van der Waals surface area contributed by atoms with Gasteiger partial charge in [-0.25, -0.2) is 0 Å². The van der Waals surface area contributed by atoms with Crippen molar-refractivity contribution in [2.75, 3.05) is 11.9 Å². The number of fused-ring (bicyclic) bond motifs is 1. The molecule has 190 valence electrons. The minimum Gasteiger partial charge on any atom is -0.394 e. The van der Waals surface area contributed by atoms with Crippen molar-refractivity contribution in [3.05, 3.63) is 65.2 Å². The Morgan fingerprint density at radius 1 is 1.19 bits per heavy atom. The fraction of sp³-hybridized carbons (Fsp3) is 0.423. The van der Waals surface area contributed by atoms with E-state index >= 15 is 0 Å². The molecule has 3 amide bonds. The molecule has 0 aliphatic carbocycles. The van der Waals surface area contributed by atoms with Crippen LogP contribution in [0.5, 0.6) is 0 Å². The molecule has 2 bridgehead atoms. The lowest BCUT2D eigenvalue weighted by Crippen LogP contribution is -2.56.